The maximum Gasteiger partial charge on any atom is 0.139 e. The van der Waals surface area contributed by atoms with E-state index in [0.717, 1.165) is 24.5 Å². The van der Waals surface area contributed by atoms with E-state index in [9.17, 15) is 4.39 Å². The van der Waals surface area contributed by atoms with Gasteiger partial charge in [0.15, 0.2) is 0 Å². The summed E-state index contributed by atoms with van der Waals surface area (Å²) in [7, 11) is 2.06. The van der Waals surface area contributed by atoms with Crippen LogP contribution in [0, 0.1) is 5.82 Å². The summed E-state index contributed by atoms with van der Waals surface area (Å²) >= 11 is 3.16. The number of likely N-dealkylation sites (N-methyl/N-ethyl adjacent to an activating group) is 1. The number of halogens is 2. The van der Waals surface area contributed by atoms with Gasteiger partial charge in [0, 0.05) is 26.2 Å². The van der Waals surface area contributed by atoms with Gasteiger partial charge in [0.2, 0.25) is 0 Å². The Kier molecular flexibility index (Phi) is 3.30. The summed E-state index contributed by atoms with van der Waals surface area (Å²) in [6.07, 6.45) is 0. The molecule has 20 heavy (non-hydrogen) atoms. The lowest BCUT2D eigenvalue weighted by molar-refractivity contribution is 0.621. The van der Waals surface area contributed by atoms with Crippen molar-refractivity contribution in [2.24, 2.45) is 0 Å². The van der Waals surface area contributed by atoms with Crippen molar-refractivity contribution in [3.8, 4) is 0 Å². The van der Waals surface area contributed by atoms with Gasteiger partial charge in [-0.25, -0.2) is 4.39 Å². The predicted molar refractivity (Wildman–Crippen MR) is 85.2 cm³/mol. The molecule has 0 saturated carbocycles. The van der Waals surface area contributed by atoms with Gasteiger partial charge >= 0.3 is 0 Å². The monoisotopic (exact) mass is 335 g/mol. The van der Waals surface area contributed by atoms with Crippen LogP contribution in [0.15, 0.2) is 40.9 Å². The zero-order valence-corrected chi connectivity index (χ0v) is 12.7. The average molecular weight is 336 g/mol. The molecule has 0 atom stereocenters. The number of anilines is 4. The first kappa shape index (κ1) is 13.2. The molecule has 104 valence electrons. The molecule has 0 spiro atoms. The summed E-state index contributed by atoms with van der Waals surface area (Å²) in [5.41, 5.74) is 9.52. The van der Waals surface area contributed by atoms with Crippen LogP contribution in [0.25, 0.3) is 0 Å². The highest BCUT2D eigenvalue weighted by Gasteiger charge is 2.23. The van der Waals surface area contributed by atoms with Crippen LogP contribution in [0.2, 0.25) is 0 Å². The highest BCUT2D eigenvalue weighted by molar-refractivity contribution is 9.10. The quantitative estimate of drug-likeness (QED) is 0.805. The van der Waals surface area contributed by atoms with E-state index in [2.05, 4.69) is 38.8 Å². The van der Waals surface area contributed by atoms with Gasteiger partial charge in [0.05, 0.1) is 27.2 Å². The van der Waals surface area contributed by atoms with Crippen molar-refractivity contribution in [3.05, 3.63) is 46.7 Å². The van der Waals surface area contributed by atoms with Gasteiger partial charge in [0.25, 0.3) is 0 Å². The fourth-order valence-electron chi connectivity index (χ4n) is 2.54. The van der Waals surface area contributed by atoms with Crippen LogP contribution in [0.3, 0.4) is 0 Å². The lowest BCUT2D eigenvalue weighted by Gasteiger charge is -2.37. The topological polar surface area (TPSA) is 32.5 Å². The largest absolute Gasteiger partial charge is 0.397 e. The summed E-state index contributed by atoms with van der Waals surface area (Å²) < 4.78 is 14.2. The number of rotatable bonds is 1. The first-order valence-corrected chi connectivity index (χ1v) is 7.19. The first-order valence-electron chi connectivity index (χ1n) is 6.40. The molecule has 3 rings (SSSR count). The molecule has 0 amide bonds. The second-order valence-electron chi connectivity index (χ2n) is 4.89. The molecule has 0 unspecified atom stereocenters. The molecule has 2 aromatic carbocycles. The highest BCUT2D eigenvalue weighted by atomic mass is 79.9. The fourth-order valence-corrected chi connectivity index (χ4v) is 2.90. The third-order valence-electron chi connectivity index (χ3n) is 3.60. The van der Waals surface area contributed by atoms with Crippen LogP contribution in [0.5, 0.6) is 0 Å². The van der Waals surface area contributed by atoms with Crippen molar-refractivity contribution >= 4 is 38.7 Å². The molecule has 0 aliphatic carbocycles. The summed E-state index contributed by atoms with van der Waals surface area (Å²) in [6, 6.07) is 11.2. The number of hydrogen-bond acceptors (Lipinski definition) is 3. The number of hydrogen-bond donors (Lipinski definition) is 1. The van der Waals surface area contributed by atoms with Crippen LogP contribution >= 0.6 is 15.9 Å². The molecule has 1 heterocycles. The van der Waals surface area contributed by atoms with E-state index >= 15 is 0 Å². The van der Waals surface area contributed by atoms with Crippen LogP contribution in [-0.2, 0) is 0 Å². The molecule has 1 aliphatic heterocycles. The Morgan fingerprint density at radius 2 is 1.80 bits per heavy atom. The van der Waals surface area contributed by atoms with E-state index in [1.165, 1.54) is 6.07 Å². The molecule has 2 N–H and O–H groups in total. The minimum atomic E-state index is -0.300. The summed E-state index contributed by atoms with van der Waals surface area (Å²) in [5, 5.41) is 0. The lowest BCUT2D eigenvalue weighted by atomic mass is 10.1. The molecule has 0 bridgehead atoms. The standard InChI is InChI=1S/C15H15BrFN3/c1-19-6-7-20(14-5-3-2-4-13(14)19)15-9-11(17)10(16)8-12(15)18/h2-5,8-9H,6-7,18H2,1H3. The Labute approximate surface area is 125 Å². The maximum absolute atomic E-state index is 13.8. The Hall–Kier alpha value is -1.75. The van der Waals surface area contributed by atoms with E-state index in [4.69, 9.17) is 5.73 Å². The van der Waals surface area contributed by atoms with Gasteiger partial charge in [-0.1, -0.05) is 12.1 Å². The third-order valence-corrected chi connectivity index (χ3v) is 4.21. The SMILES string of the molecule is CN1CCN(c2cc(F)c(Br)cc2N)c2ccccc21. The number of para-hydroxylation sites is 2. The number of benzene rings is 2. The first-order chi connectivity index (χ1) is 9.58. The Bertz CT molecular complexity index is 660. The van der Waals surface area contributed by atoms with Crippen molar-refractivity contribution in [3.63, 3.8) is 0 Å². The summed E-state index contributed by atoms with van der Waals surface area (Å²) in [4.78, 5) is 4.26. The maximum atomic E-state index is 13.8. The third kappa shape index (κ3) is 2.12. The fraction of sp³-hybridized carbons (Fsp3) is 0.200. The number of nitrogens with two attached hydrogens (primary N) is 1. The van der Waals surface area contributed by atoms with Gasteiger partial charge in [-0.15, -0.1) is 0 Å². The second-order valence-corrected chi connectivity index (χ2v) is 5.74. The predicted octanol–water partition coefficient (Wildman–Crippen LogP) is 3.76. The number of nitrogens with zero attached hydrogens (tertiary/aromatic N) is 2. The van der Waals surface area contributed by atoms with Gasteiger partial charge in [-0.2, -0.15) is 0 Å². The summed E-state index contributed by atoms with van der Waals surface area (Å²) in [6.45, 7) is 1.65. The van der Waals surface area contributed by atoms with Crippen molar-refractivity contribution in [1.29, 1.82) is 0 Å². The van der Waals surface area contributed by atoms with Crippen LogP contribution in [-0.4, -0.2) is 20.1 Å². The van der Waals surface area contributed by atoms with Crippen LogP contribution in [0.4, 0.5) is 27.1 Å². The van der Waals surface area contributed by atoms with E-state index in [-0.39, 0.29) is 5.82 Å². The molecule has 3 nitrogen and oxygen atoms in total. The molecule has 0 fully saturated rings. The van der Waals surface area contributed by atoms with E-state index in [0.29, 0.717) is 15.8 Å². The van der Waals surface area contributed by atoms with Crippen LogP contribution < -0.4 is 15.5 Å². The molecule has 0 saturated heterocycles. The molecular weight excluding hydrogens is 321 g/mol. The van der Waals surface area contributed by atoms with Crippen molar-refractivity contribution < 1.29 is 4.39 Å². The Morgan fingerprint density at radius 1 is 1.10 bits per heavy atom. The smallest absolute Gasteiger partial charge is 0.139 e. The highest BCUT2D eigenvalue weighted by Crippen LogP contribution is 2.40. The molecular formula is C15H15BrFN3. The molecule has 1 aliphatic rings. The van der Waals surface area contributed by atoms with E-state index < -0.39 is 0 Å². The van der Waals surface area contributed by atoms with E-state index in [1.807, 2.05) is 18.2 Å². The zero-order valence-electron chi connectivity index (χ0n) is 11.1. The Balaban J connectivity index is 2.12. The second kappa shape index (κ2) is 4.98. The lowest BCUT2D eigenvalue weighted by Crippen LogP contribution is -2.36. The molecule has 0 radical (unpaired) electrons. The van der Waals surface area contributed by atoms with Gasteiger partial charge in [0.1, 0.15) is 5.82 Å². The Morgan fingerprint density at radius 3 is 2.55 bits per heavy atom. The van der Waals surface area contributed by atoms with E-state index in [1.54, 1.807) is 6.07 Å². The van der Waals surface area contributed by atoms with Crippen molar-refractivity contribution in [2.75, 3.05) is 35.7 Å². The molecule has 2 aromatic rings. The van der Waals surface area contributed by atoms with Gasteiger partial charge < -0.3 is 15.5 Å². The summed E-state index contributed by atoms with van der Waals surface area (Å²) in [5.74, 6) is -0.300. The van der Waals surface area contributed by atoms with Crippen molar-refractivity contribution in [2.45, 2.75) is 0 Å². The van der Waals surface area contributed by atoms with Gasteiger partial charge in [-0.3, -0.25) is 0 Å². The minimum Gasteiger partial charge on any atom is -0.397 e. The number of fused-ring (bicyclic) bond motifs is 1. The molecule has 5 heteroatoms. The van der Waals surface area contributed by atoms with Gasteiger partial charge in [-0.05, 0) is 34.1 Å². The zero-order chi connectivity index (χ0) is 14.3. The van der Waals surface area contributed by atoms with Crippen molar-refractivity contribution in [1.82, 2.24) is 0 Å². The number of nitrogen functional groups attached to an aromatic ring is 1. The minimum absolute atomic E-state index is 0.300. The normalized spacial score (nSPS) is 14.3. The molecule has 0 aromatic heterocycles. The average Bonchev–Trinajstić information content (AvgIpc) is 2.44. The van der Waals surface area contributed by atoms with Crippen LogP contribution in [0.1, 0.15) is 0 Å².